The zero-order valence-electron chi connectivity index (χ0n) is 18.5. The first-order valence-corrected chi connectivity index (χ1v) is 14.1. The van der Waals surface area contributed by atoms with Gasteiger partial charge < -0.3 is 19.9 Å². The van der Waals surface area contributed by atoms with Crippen molar-refractivity contribution in [2.75, 3.05) is 19.5 Å². The number of anilines is 1. The molecule has 2 N–H and O–H groups in total. The predicted octanol–water partition coefficient (Wildman–Crippen LogP) is 5.99. The van der Waals surface area contributed by atoms with Gasteiger partial charge >= 0.3 is 0 Å². The number of thioether (sulfide) groups is 1. The van der Waals surface area contributed by atoms with Crippen LogP contribution in [0.25, 0.3) is 6.08 Å². The van der Waals surface area contributed by atoms with Crippen molar-refractivity contribution in [3.63, 3.8) is 0 Å². The number of methoxy groups -OCH3 is 2. The van der Waals surface area contributed by atoms with Gasteiger partial charge in [-0.2, -0.15) is 0 Å². The largest absolute Gasteiger partial charge is 0.508 e. The van der Waals surface area contributed by atoms with Gasteiger partial charge in [0.15, 0.2) is 9.84 Å². The van der Waals surface area contributed by atoms with Crippen LogP contribution in [0, 0.1) is 0 Å². The Bertz CT molecular complexity index is 1430. The van der Waals surface area contributed by atoms with Crippen LogP contribution in [0.15, 0.2) is 72.2 Å². The fourth-order valence-corrected chi connectivity index (χ4v) is 7.60. The van der Waals surface area contributed by atoms with E-state index >= 15 is 0 Å². The highest BCUT2D eigenvalue weighted by molar-refractivity contribution is 9.11. The molecule has 7 nitrogen and oxygen atoms in total. The Balaban J connectivity index is 1.71. The molecule has 0 fully saturated rings. The number of sulfone groups is 1. The number of carbonyl (C=O) groups is 1. The number of halogens is 2. The van der Waals surface area contributed by atoms with Gasteiger partial charge in [0.05, 0.1) is 41.0 Å². The molecule has 3 aromatic carbocycles. The van der Waals surface area contributed by atoms with E-state index in [1.54, 1.807) is 30.3 Å². The number of rotatable bonds is 6. The lowest BCUT2D eigenvalue weighted by Crippen LogP contribution is -2.18. The van der Waals surface area contributed by atoms with Crippen LogP contribution < -0.4 is 14.8 Å². The van der Waals surface area contributed by atoms with Crippen molar-refractivity contribution in [2.45, 2.75) is 15.5 Å². The van der Waals surface area contributed by atoms with Crippen LogP contribution in [0.4, 0.5) is 5.69 Å². The maximum atomic E-state index is 13.2. The van der Waals surface area contributed by atoms with Crippen molar-refractivity contribution >= 4 is 71.1 Å². The van der Waals surface area contributed by atoms with Crippen LogP contribution in [0.2, 0.25) is 0 Å². The number of hydrogen-bond acceptors (Lipinski definition) is 7. The molecule has 0 unspecified atom stereocenters. The van der Waals surface area contributed by atoms with E-state index in [1.807, 2.05) is 6.07 Å². The summed E-state index contributed by atoms with van der Waals surface area (Å²) in [7, 11) is -0.792. The smallest absolute Gasteiger partial charge is 0.262 e. The van der Waals surface area contributed by atoms with Crippen LogP contribution in [-0.2, 0) is 20.4 Å². The first-order valence-electron chi connectivity index (χ1n) is 10.1. The van der Waals surface area contributed by atoms with Gasteiger partial charge in [-0.3, -0.25) is 4.79 Å². The van der Waals surface area contributed by atoms with Gasteiger partial charge in [0.1, 0.15) is 17.2 Å². The monoisotopic (exact) mass is 639 g/mol. The molecule has 1 heterocycles. The molecule has 0 spiro atoms. The number of carbonyl (C=O) groups excluding carboxylic acids is 1. The quantitative estimate of drug-likeness (QED) is 0.319. The number of phenolic OH excluding ortho intramolecular Hbond substituents is 1. The molecule has 0 saturated heterocycles. The van der Waals surface area contributed by atoms with Crippen LogP contribution in [0.5, 0.6) is 17.2 Å². The van der Waals surface area contributed by atoms with Crippen molar-refractivity contribution in [3.05, 3.63) is 73.5 Å². The number of fused-ring (bicyclic) bond motifs is 1. The minimum atomic E-state index is -3.68. The van der Waals surface area contributed by atoms with Gasteiger partial charge in [-0.1, -0.05) is 49.7 Å². The number of nitrogens with one attached hydrogen (secondary N) is 1. The molecule has 3 aromatic rings. The van der Waals surface area contributed by atoms with E-state index in [-0.39, 0.29) is 22.3 Å². The minimum absolute atomic E-state index is 0.0431. The SMILES string of the molecule is COc1cc(O)cc(OC)c1C=C1Sc2cc(S(=O)(=O)Cc3c(Br)cccc3Br)ccc2NC1=O. The van der Waals surface area contributed by atoms with E-state index in [0.717, 1.165) is 11.8 Å². The highest BCUT2D eigenvalue weighted by Gasteiger charge is 2.26. The number of phenols is 1. The minimum Gasteiger partial charge on any atom is -0.508 e. The molecular weight excluding hydrogens is 622 g/mol. The molecular formula is C24H19Br2NO6S2. The average molecular weight is 641 g/mol. The van der Waals surface area contributed by atoms with Crippen molar-refractivity contribution < 1.29 is 27.8 Å². The topological polar surface area (TPSA) is 102 Å². The Hall–Kier alpha value is -2.47. The molecule has 0 aliphatic carbocycles. The molecule has 182 valence electrons. The number of ether oxygens (including phenoxy) is 2. The summed E-state index contributed by atoms with van der Waals surface area (Å²) in [6, 6.07) is 12.8. The van der Waals surface area contributed by atoms with Crippen molar-refractivity contribution in [3.8, 4) is 17.2 Å². The summed E-state index contributed by atoms with van der Waals surface area (Å²) in [4.78, 5) is 13.8. The van der Waals surface area contributed by atoms with Gasteiger partial charge in [-0.05, 0) is 42.0 Å². The molecule has 11 heteroatoms. The molecule has 0 radical (unpaired) electrons. The summed E-state index contributed by atoms with van der Waals surface area (Å²) in [5, 5.41) is 12.7. The van der Waals surface area contributed by atoms with Crippen LogP contribution in [0.1, 0.15) is 11.1 Å². The molecule has 4 rings (SSSR count). The van der Waals surface area contributed by atoms with Gasteiger partial charge in [0, 0.05) is 26.0 Å². The molecule has 1 aliphatic heterocycles. The first kappa shape index (κ1) is 25.6. The maximum absolute atomic E-state index is 13.2. The second kappa shape index (κ2) is 10.3. The van der Waals surface area contributed by atoms with Gasteiger partial charge in [0.2, 0.25) is 0 Å². The normalized spacial score (nSPS) is 14.4. The Morgan fingerprint density at radius 3 is 2.26 bits per heavy atom. The first-order chi connectivity index (χ1) is 16.6. The van der Waals surface area contributed by atoms with Gasteiger partial charge in [0.25, 0.3) is 5.91 Å². The van der Waals surface area contributed by atoms with Crippen LogP contribution >= 0.6 is 43.6 Å². The van der Waals surface area contributed by atoms with Crippen LogP contribution in [0.3, 0.4) is 0 Å². The van der Waals surface area contributed by atoms with E-state index in [9.17, 15) is 18.3 Å². The Labute approximate surface area is 223 Å². The summed E-state index contributed by atoms with van der Waals surface area (Å²) >= 11 is 7.97. The standard InChI is InChI=1S/C24H19Br2NO6S2/c1-32-20-8-13(28)9-21(33-2)15(20)11-23-24(29)27-19-7-6-14(10-22(19)34-23)35(30,31)12-16-17(25)4-3-5-18(16)26/h3-11,28H,12H2,1-2H3,(H,27,29). The number of aromatic hydroxyl groups is 1. The lowest BCUT2D eigenvalue weighted by Gasteiger charge is -2.20. The zero-order valence-corrected chi connectivity index (χ0v) is 23.3. The highest BCUT2D eigenvalue weighted by Crippen LogP contribution is 2.43. The fraction of sp³-hybridized carbons (Fsp3) is 0.125. The van der Waals surface area contributed by atoms with E-state index < -0.39 is 9.84 Å². The second-order valence-electron chi connectivity index (χ2n) is 7.45. The van der Waals surface area contributed by atoms with E-state index in [1.165, 1.54) is 32.4 Å². The maximum Gasteiger partial charge on any atom is 0.262 e. The molecule has 0 aromatic heterocycles. The lowest BCUT2D eigenvalue weighted by atomic mass is 10.1. The molecule has 0 atom stereocenters. The summed E-state index contributed by atoms with van der Waals surface area (Å²) in [5.74, 6) is 0.0498. The third-order valence-corrected chi connectivity index (χ3v) is 9.41. The zero-order chi connectivity index (χ0) is 25.3. The number of amides is 1. The molecule has 35 heavy (non-hydrogen) atoms. The number of benzene rings is 3. The third kappa shape index (κ3) is 5.37. The van der Waals surface area contributed by atoms with E-state index in [2.05, 4.69) is 37.2 Å². The third-order valence-electron chi connectivity index (χ3n) is 5.20. The molecule has 0 bridgehead atoms. The second-order valence-corrected chi connectivity index (χ2v) is 12.2. The predicted molar refractivity (Wildman–Crippen MR) is 143 cm³/mol. The Kier molecular flexibility index (Phi) is 7.51. The summed E-state index contributed by atoms with van der Waals surface area (Å²) in [6.07, 6.45) is 1.58. The average Bonchev–Trinajstić information content (AvgIpc) is 2.82. The van der Waals surface area contributed by atoms with E-state index in [4.69, 9.17) is 9.47 Å². The van der Waals surface area contributed by atoms with Gasteiger partial charge in [-0.25, -0.2) is 8.42 Å². The van der Waals surface area contributed by atoms with E-state index in [0.29, 0.717) is 47.1 Å². The summed E-state index contributed by atoms with van der Waals surface area (Å²) < 4.78 is 38.5. The highest BCUT2D eigenvalue weighted by atomic mass is 79.9. The molecule has 0 saturated carbocycles. The molecule has 1 amide bonds. The van der Waals surface area contributed by atoms with Crippen molar-refractivity contribution in [1.82, 2.24) is 0 Å². The van der Waals surface area contributed by atoms with Gasteiger partial charge in [-0.15, -0.1) is 0 Å². The Morgan fingerprint density at radius 1 is 1.03 bits per heavy atom. The molecule has 1 aliphatic rings. The fourth-order valence-electron chi connectivity index (χ4n) is 3.47. The van der Waals surface area contributed by atoms with Crippen molar-refractivity contribution in [1.29, 1.82) is 0 Å². The Morgan fingerprint density at radius 2 is 1.66 bits per heavy atom. The van der Waals surface area contributed by atoms with Crippen LogP contribution in [-0.4, -0.2) is 33.7 Å². The number of hydrogen-bond donors (Lipinski definition) is 2. The summed E-state index contributed by atoms with van der Waals surface area (Å²) in [5.41, 5.74) is 1.61. The van der Waals surface area contributed by atoms with Crippen molar-refractivity contribution in [2.24, 2.45) is 0 Å². The lowest BCUT2D eigenvalue weighted by molar-refractivity contribution is -0.112. The summed E-state index contributed by atoms with van der Waals surface area (Å²) in [6.45, 7) is 0.